The Labute approximate surface area is 172 Å². The molecule has 6 nitrogen and oxygen atoms in total. The van der Waals surface area contributed by atoms with E-state index in [4.69, 9.17) is 9.15 Å². The van der Waals surface area contributed by atoms with Gasteiger partial charge in [-0.3, -0.25) is 9.59 Å². The van der Waals surface area contributed by atoms with Gasteiger partial charge in [0.25, 0.3) is 0 Å². The molecule has 0 spiro atoms. The van der Waals surface area contributed by atoms with Crippen LogP contribution in [0.4, 0.5) is 0 Å². The van der Waals surface area contributed by atoms with E-state index in [-0.39, 0.29) is 30.3 Å². The van der Waals surface area contributed by atoms with Gasteiger partial charge in [0.2, 0.25) is 11.8 Å². The van der Waals surface area contributed by atoms with E-state index >= 15 is 0 Å². The third-order valence-electron chi connectivity index (χ3n) is 5.53. The summed E-state index contributed by atoms with van der Waals surface area (Å²) in [5.41, 5.74) is 0.953. The molecule has 1 fully saturated rings. The van der Waals surface area contributed by atoms with Crippen LogP contribution in [0.2, 0.25) is 0 Å². The van der Waals surface area contributed by atoms with Gasteiger partial charge in [-0.05, 0) is 50.1 Å². The van der Waals surface area contributed by atoms with Crippen LogP contribution in [0.15, 0.2) is 40.8 Å². The molecule has 2 amide bonds. The Kier molecular flexibility index (Phi) is 6.62. The van der Waals surface area contributed by atoms with Crippen molar-refractivity contribution < 1.29 is 18.7 Å². The zero-order valence-electron chi connectivity index (χ0n) is 17.6. The first-order valence-electron chi connectivity index (χ1n) is 10.2. The molecule has 0 aliphatic carbocycles. The van der Waals surface area contributed by atoms with Crippen LogP contribution in [0.25, 0.3) is 0 Å². The molecule has 1 aliphatic heterocycles. The summed E-state index contributed by atoms with van der Waals surface area (Å²) >= 11 is 0. The van der Waals surface area contributed by atoms with Gasteiger partial charge in [-0.15, -0.1) is 0 Å². The Morgan fingerprint density at radius 2 is 2.00 bits per heavy atom. The van der Waals surface area contributed by atoms with Crippen LogP contribution >= 0.6 is 0 Å². The summed E-state index contributed by atoms with van der Waals surface area (Å²) in [6.45, 7) is 6.52. The number of hydrogen-bond acceptors (Lipinski definition) is 4. The highest BCUT2D eigenvalue weighted by Gasteiger charge is 2.44. The van der Waals surface area contributed by atoms with Gasteiger partial charge >= 0.3 is 0 Å². The van der Waals surface area contributed by atoms with Crippen molar-refractivity contribution in [2.24, 2.45) is 5.92 Å². The van der Waals surface area contributed by atoms with E-state index in [2.05, 4.69) is 12.2 Å². The first-order chi connectivity index (χ1) is 13.9. The minimum Gasteiger partial charge on any atom is -0.497 e. The molecule has 156 valence electrons. The van der Waals surface area contributed by atoms with Crippen LogP contribution in [0.5, 0.6) is 5.75 Å². The lowest BCUT2D eigenvalue weighted by atomic mass is 9.92. The number of benzene rings is 1. The van der Waals surface area contributed by atoms with E-state index < -0.39 is 5.92 Å². The normalized spacial score (nSPS) is 20.0. The van der Waals surface area contributed by atoms with Crippen molar-refractivity contribution in [2.75, 3.05) is 13.7 Å². The number of nitrogens with one attached hydrogen (secondary N) is 1. The van der Waals surface area contributed by atoms with E-state index in [9.17, 15) is 9.59 Å². The van der Waals surface area contributed by atoms with E-state index in [1.807, 2.05) is 55.1 Å². The smallest absolute Gasteiger partial charge is 0.226 e. The van der Waals surface area contributed by atoms with Crippen molar-refractivity contribution in [1.82, 2.24) is 10.2 Å². The number of amides is 2. The van der Waals surface area contributed by atoms with Crippen molar-refractivity contribution in [3.8, 4) is 5.75 Å². The van der Waals surface area contributed by atoms with Crippen LogP contribution in [0.1, 0.15) is 62.3 Å². The number of carbonyl (C=O) groups is 2. The van der Waals surface area contributed by atoms with Crippen LogP contribution < -0.4 is 10.1 Å². The second-order valence-corrected chi connectivity index (χ2v) is 7.65. The number of methoxy groups -OCH3 is 1. The van der Waals surface area contributed by atoms with Crippen LogP contribution in [0, 0.1) is 12.8 Å². The highest BCUT2D eigenvalue weighted by atomic mass is 16.5. The summed E-state index contributed by atoms with van der Waals surface area (Å²) in [6.07, 6.45) is 2.12. The number of rotatable bonds is 8. The van der Waals surface area contributed by atoms with Gasteiger partial charge in [-0.2, -0.15) is 0 Å². The fraction of sp³-hybridized carbons (Fsp3) is 0.478. The van der Waals surface area contributed by atoms with Crippen molar-refractivity contribution >= 4 is 11.8 Å². The second-order valence-electron chi connectivity index (χ2n) is 7.65. The number of unbranched alkanes of at least 4 members (excludes halogenated alkanes) is 1. The minimum absolute atomic E-state index is 0.0286. The Morgan fingerprint density at radius 3 is 2.59 bits per heavy atom. The highest BCUT2D eigenvalue weighted by molar-refractivity contribution is 5.90. The zero-order chi connectivity index (χ0) is 21.0. The predicted molar refractivity (Wildman–Crippen MR) is 110 cm³/mol. The van der Waals surface area contributed by atoms with Crippen molar-refractivity contribution in [3.05, 3.63) is 53.5 Å². The van der Waals surface area contributed by atoms with E-state index in [0.717, 1.165) is 29.9 Å². The molecule has 29 heavy (non-hydrogen) atoms. The maximum atomic E-state index is 13.2. The van der Waals surface area contributed by atoms with Crippen LogP contribution in [0.3, 0.4) is 0 Å². The predicted octanol–water partition coefficient (Wildman–Crippen LogP) is 4.16. The summed E-state index contributed by atoms with van der Waals surface area (Å²) in [5, 5.41) is 3.03. The third-order valence-corrected chi connectivity index (χ3v) is 5.53. The topological polar surface area (TPSA) is 71.8 Å². The van der Waals surface area contributed by atoms with E-state index in [1.165, 1.54) is 0 Å². The largest absolute Gasteiger partial charge is 0.497 e. The molecule has 6 heteroatoms. The maximum Gasteiger partial charge on any atom is 0.226 e. The van der Waals surface area contributed by atoms with Crippen molar-refractivity contribution in [1.29, 1.82) is 0 Å². The van der Waals surface area contributed by atoms with E-state index in [0.29, 0.717) is 12.3 Å². The Balaban J connectivity index is 1.83. The summed E-state index contributed by atoms with van der Waals surface area (Å²) < 4.78 is 10.9. The molecule has 3 unspecified atom stereocenters. The molecule has 0 radical (unpaired) electrons. The van der Waals surface area contributed by atoms with Gasteiger partial charge in [0, 0.05) is 13.0 Å². The number of carbonyl (C=O) groups excluding carboxylic acids is 2. The summed E-state index contributed by atoms with van der Waals surface area (Å²) in [7, 11) is 1.62. The molecule has 1 aromatic heterocycles. The lowest BCUT2D eigenvalue weighted by Gasteiger charge is -2.29. The molecule has 2 heterocycles. The van der Waals surface area contributed by atoms with Crippen LogP contribution in [-0.4, -0.2) is 30.4 Å². The molecule has 2 aromatic rings. The highest BCUT2D eigenvalue weighted by Crippen LogP contribution is 2.39. The molecule has 3 atom stereocenters. The molecule has 1 aliphatic rings. The third kappa shape index (κ3) is 4.63. The monoisotopic (exact) mass is 398 g/mol. The Bertz CT molecular complexity index is 843. The summed E-state index contributed by atoms with van der Waals surface area (Å²) in [5.74, 6) is 1.73. The number of aryl methyl sites for hydroxylation is 1. The molecule has 1 N–H and O–H groups in total. The van der Waals surface area contributed by atoms with Gasteiger partial charge in [-0.1, -0.05) is 25.5 Å². The Hall–Kier alpha value is -2.76. The minimum atomic E-state index is -0.439. The van der Waals surface area contributed by atoms with Crippen molar-refractivity contribution in [3.63, 3.8) is 0 Å². The lowest BCUT2D eigenvalue weighted by Crippen LogP contribution is -2.37. The number of ether oxygens (including phenoxy) is 1. The fourth-order valence-corrected chi connectivity index (χ4v) is 3.91. The summed E-state index contributed by atoms with van der Waals surface area (Å²) in [4.78, 5) is 27.8. The van der Waals surface area contributed by atoms with Gasteiger partial charge in [0.1, 0.15) is 17.3 Å². The van der Waals surface area contributed by atoms with Crippen molar-refractivity contribution in [2.45, 2.75) is 52.1 Å². The molecular formula is C23H30N2O4. The first kappa shape index (κ1) is 21.0. The number of nitrogens with zero attached hydrogens (tertiary/aromatic N) is 1. The van der Waals surface area contributed by atoms with Gasteiger partial charge in [0.15, 0.2) is 0 Å². The fourth-order valence-electron chi connectivity index (χ4n) is 3.91. The van der Waals surface area contributed by atoms with Gasteiger partial charge in [-0.25, -0.2) is 0 Å². The number of furan rings is 1. The summed E-state index contributed by atoms with van der Waals surface area (Å²) in [6, 6.07) is 10.9. The number of hydrogen-bond donors (Lipinski definition) is 1. The van der Waals surface area contributed by atoms with Gasteiger partial charge < -0.3 is 19.4 Å². The lowest BCUT2D eigenvalue weighted by molar-refractivity contribution is -0.129. The molecule has 0 bridgehead atoms. The average Bonchev–Trinajstić information content (AvgIpc) is 3.29. The quantitative estimate of drug-likeness (QED) is 0.725. The molecule has 0 saturated carbocycles. The number of likely N-dealkylation sites (tertiary alicyclic amines) is 1. The standard InChI is InChI=1S/C23H30N2O4/c1-5-6-13-25-21(26)14-19(22(25)17-8-10-18(28-4)11-9-17)23(27)24-16(3)20-12-7-15(2)29-20/h7-12,16,19,22H,5-6,13-14H2,1-4H3,(H,24,27). The van der Waals surface area contributed by atoms with E-state index in [1.54, 1.807) is 7.11 Å². The molecule has 3 rings (SSSR count). The first-order valence-corrected chi connectivity index (χ1v) is 10.2. The second kappa shape index (κ2) is 9.16. The zero-order valence-corrected chi connectivity index (χ0v) is 17.6. The van der Waals surface area contributed by atoms with Crippen LogP contribution in [-0.2, 0) is 9.59 Å². The maximum absolute atomic E-state index is 13.2. The van der Waals surface area contributed by atoms with Gasteiger partial charge in [0.05, 0.1) is 25.1 Å². The molecular weight excluding hydrogens is 368 g/mol. The average molecular weight is 399 g/mol. The Morgan fingerprint density at radius 1 is 1.28 bits per heavy atom. The SMILES string of the molecule is CCCCN1C(=O)CC(C(=O)NC(C)c2ccc(C)o2)C1c1ccc(OC)cc1. The molecule has 1 saturated heterocycles. The molecule has 1 aromatic carbocycles.